The van der Waals surface area contributed by atoms with E-state index in [1.165, 1.54) is 0 Å². The minimum absolute atomic E-state index is 0.137. The summed E-state index contributed by atoms with van der Waals surface area (Å²) in [6.07, 6.45) is 3.82. The molecule has 118 valence electrons. The first kappa shape index (κ1) is 14.0. The van der Waals surface area contributed by atoms with Gasteiger partial charge in [0.05, 0.1) is 24.5 Å². The summed E-state index contributed by atoms with van der Waals surface area (Å²) in [5.41, 5.74) is 9.26. The second kappa shape index (κ2) is 5.55. The molecule has 1 unspecified atom stereocenters. The first-order valence-electron chi connectivity index (χ1n) is 7.84. The Morgan fingerprint density at radius 3 is 3.00 bits per heavy atom. The van der Waals surface area contributed by atoms with Crippen LogP contribution in [0.25, 0.3) is 16.9 Å². The number of aliphatic hydroxyl groups is 1. The van der Waals surface area contributed by atoms with E-state index in [4.69, 9.17) is 5.73 Å². The lowest BCUT2D eigenvalue weighted by Gasteiger charge is -2.26. The summed E-state index contributed by atoms with van der Waals surface area (Å²) >= 11 is 0. The number of anilines is 2. The van der Waals surface area contributed by atoms with Crippen molar-refractivity contribution in [3.05, 3.63) is 42.6 Å². The van der Waals surface area contributed by atoms with Crippen LogP contribution in [0.15, 0.2) is 42.6 Å². The van der Waals surface area contributed by atoms with Crippen molar-refractivity contribution >= 4 is 17.2 Å². The fraction of sp³-hybridized carbons (Fsp3) is 0.294. The standard InChI is InChI=1S/C17H19N5O/c18-13-4-1-3-12(9-13)15-10-17(21-8-2-5-14(21)11-23)22-16(20-15)6-7-19-22/h1,3-4,6-7,9-10,14,23H,2,5,8,11,18H2. The quantitative estimate of drug-likeness (QED) is 0.723. The van der Waals surface area contributed by atoms with Crippen LogP contribution in [0.2, 0.25) is 0 Å². The largest absolute Gasteiger partial charge is 0.399 e. The van der Waals surface area contributed by atoms with Crippen molar-refractivity contribution in [2.24, 2.45) is 0 Å². The molecular formula is C17H19N5O. The van der Waals surface area contributed by atoms with E-state index in [2.05, 4.69) is 15.0 Å². The van der Waals surface area contributed by atoms with E-state index in [9.17, 15) is 5.11 Å². The molecule has 6 nitrogen and oxygen atoms in total. The molecule has 3 N–H and O–H groups in total. The van der Waals surface area contributed by atoms with E-state index >= 15 is 0 Å². The van der Waals surface area contributed by atoms with Crippen molar-refractivity contribution in [2.45, 2.75) is 18.9 Å². The zero-order chi connectivity index (χ0) is 15.8. The highest BCUT2D eigenvalue weighted by atomic mass is 16.3. The van der Waals surface area contributed by atoms with Crippen molar-refractivity contribution in [1.29, 1.82) is 0 Å². The number of fused-ring (bicyclic) bond motifs is 1. The number of nitrogens with zero attached hydrogens (tertiary/aromatic N) is 4. The number of aliphatic hydroxyl groups excluding tert-OH is 1. The second-order valence-electron chi connectivity index (χ2n) is 5.90. The van der Waals surface area contributed by atoms with Crippen LogP contribution in [0, 0.1) is 0 Å². The summed E-state index contributed by atoms with van der Waals surface area (Å²) in [6.45, 7) is 1.07. The highest BCUT2D eigenvalue weighted by Gasteiger charge is 2.26. The van der Waals surface area contributed by atoms with Crippen molar-refractivity contribution in [1.82, 2.24) is 14.6 Å². The van der Waals surface area contributed by atoms with E-state index in [0.29, 0.717) is 5.69 Å². The van der Waals surface area contributed by atoms with Gasteiger partial charge in [0.2, 0.25) is 0 Å². The molecule has 2 aromatic heterocycles. The smallest absolute Gasteiger partial charge is 0.157 e. The molecule has 6 heteroatoms. The number of hydrogen-bond acceptors (Lipinski definition) is 5. The topological polar surface area (TPSA) is 79.7 Å². The number of nitrogen functional groups attached to an aromatic ring is 1. The lowest BCUT2D eigenvalue weighted by molar-refractivity contribution is 0.266. The third-order valence-electron chi connectivity index (χ3n) is 4.41. The average Bonchev–Trinajstić information content (AvgIpc) is 3.22. The van der Waals surface area contributed by atoms with E-state index in [-0.39, 0.29) is 12.6 Å². The Morgan fingerprint density at radius 2 is 2.17 bits per heavy atom. The maximum absolute atomic E-state index is 9.64. The molecule has 4 rings (SSSR count). The van der Waals surface area contributed by atoms with Gasteiger partial charge in [-0.05, 0) is 25.0 Å². The van der Waals surface area contributed by atoms with Gasteiger partial charge in [0.25, 0.3) is 0 Å². The van der Waals surface area contributed by atoms with Gasteiger partial charge in [0.15, 0.2) is 5.65 Å². The molecule has 1 aromatic carbocycles. The molecule has 1 atom stereocenters. The number of nitrogens with two attached hydrogens (primary N) is 1. The van der Waals surface area contributed by atoms with E-state index in [1.54, 1.807) is 6.20 Å². The summed E-state index contributed by atoms with van der Waals surface area (Å²) in [4.78, 5) is 6.90. The molecule has 1 fully saturated rings. The zero-order valence-corrected chi connectivity index (χ0v) is 12.8. The van der Waals surface area contributed by atoms with Crippen LogP contribution >= 0.6 is 0 Å². The molecule has 0 radical (unpaired) electrons. The van der Waals surface area contributed by atoms with Gasteiger partial charge in [-0.3, -0.25) is 0 Å². The molecule has 23 heavy (non-hydrogen) atoms. The molecule has 1 saturated heterocycles. The molecule has 0 amide bonds. The normalized spacial score (nSPS) is 18.0. The Kier molecular flexibility index (Phi) is 3.38. The predicted molar refractivity (Wildman–Crippen MR) is 90.3 cm³/mol. The molecule has 1 aliphatic rings. The number of aromatic nitrogens is 3. The fourth-order valence-corrected chi connectivity index (χ4v) is 3.27. The Bertz CT molecular complexity index is 844. The maximum atomic E-state index is 9.64. The van der Waals surface area contributed by atoms with Gasteiger partial charge in [-0.25, -0.2) is 4.98 Å². The van der Waals surface area contributed by atoms with Crippen LogP contribution in [0.1, 0.15) is 12.8 Å². The van der Waals surface area contributed by atoms with Crippen LogP contribution in [0.4, 0.5) is 11.5 Å². The molecule has 0 aliphatic carbocycles. The maximum Gasteiger partial charge on any atom is 0.157 e. The first-order valence-corrected chi connectivity index (χ1v) is 7.84. The lowest BCUT2D eigenvalue weighted by Crippen LogP contribution is -2.33. The van der Waals surface area contributed by atoms with Gasteiger partial charge in [0, 0.05) is 29.9 Å². The zero-order valence-electron chi connectivity index (χ0n) is 12.8. The summed E-state index contributed by atoms with van der Waals surface area (Å²) < 4.78 is 1.84. The average molecular weight is 309 g/mol. The number of hydrogen-bond donors (Lipinski definition) is 2. The van der Waals surface area contributed by atoms with Crippen molar-refractivity contribution in [2.75, 3.05) is 23.8 Å². The molecule has 0 saturated carbocycles. The highest BCUT2D eigenvalue weighted by Crippen LogP contribution is 2.29. The molecule has 3 aromatic rings. The number of rotatable bonds is 3. The third-order valence-corrected chi connectivity index (χ3v) is 4.41. The van der Waals surface area contributed by atoms with E-state index in [1.807, 2.05) is 40.9 Å². The lowest BCUT2D eigenvalue weighted by atomic mass is 10.1. The molecule has 3 heterocycles. The van der Waals surface area contributed by atoms with Crippen LogP contribution in [0.3, 0.4) is 0 Å². The Hall–Kier alpha value is -2.60. The predicted octanol–water partition coefficient (Wildman–Crippen LogP) is 1.94. The number of benzene rings is 1. The van der Waals surface area contributed by atoms with Crippen LogP contribution in [-0.2, 0) is 0 Å². The first-order chi connectivity index (χ1) is 11.3. The second-order valence-corrected chi connectivity index (χ2v) is 5.90. The SMILES string of the molecule is Nc1cccc(-c2cc(N3CCCC3CO)n3nccc3n2)c1. The van der Waals surface area contributed by atoms with Crippen LogP contribution < -0.4 is 10.6 Å². The third kappa shape index (κ3) is 2.41. The van der Waals surface area contributed by atoms with Crippen molar-refractivity contribution in [3.8, 4) is 11.3 Å². The summed E-state index contributed by atoms with van der Waals surface area (Å²) in [7, 11) is 0. The van der Waals surface area contributed by atoms with Crippen molar-refractivity contribution in [3.63, 3.8) is 0 Å². The summed E-state index contributed by atoms with van der Waals surface area (Å²) in [6, 6.07) is 11.8. The van der Waals surface area contributed by atoms with Crippen LogP contribution in [0.5, 0.6) is 0 Å². The van der Waals surface area contributed by atoms with Crippen molar-refractivity contribution < 1.29 is 5.11 Å². The minimum atomic E-state index is 0.137. The van der Waals surface area contributed by atoms with Gasteiger partial charge in [-0.1, -0.05) is 12.1 Å². The van der Waals surface area contributed by atoms with Gasteiger partial charge >= 0.3 is 0 Å². The van der Waals surface area contributed by atoms with Gasteiger partial charge in [-0.2, -0.15) is 9.61 Å². The van der Waals surface area contributed by atoms with Gasteiger partial charge < -0.3 is 15.7 Å². The van der Waals surface area contributed by atoms with Gasteiger partial charge in [-0.15, -0.1) is 0 Å². The molecule has 0 spiro atoms. The molecule has 1 aliphatic heterocycles. The van der Waals surface area contributed by atoms with E-state index < -0.39 is 0 Å². The summed E-state index contributed by atoms with van der Waals surface area (Å²) in [5.74, 6) is 0.967. The molecule has 0 bridgehead atoms. The highest BCUT2D eigenvalue weighted by molar-refractivity contribution is 5.69. The monoisotopic (exact) mass is 309 g/mol. The van der Waals surface area contributed by atoms with Gasteiger partial charge in [0.1, 0.15) is 5.82 Å². The minimum Gasteiger partial charge on any atom is -0.399 e. The molecular weight excluding hydrogens is 290 g/mol. The fourth-order valence-electron chi connectivity index (χ4n) is 3.27. The Balaban J connectivity index is 1.88. The Morgan fingerprint density at radius 1 is 1.26 bits per heavy atom. The van der Waals surface area contributed by atoms with E-state index in [0.717, 1.165) is 42.1 Å². The van der Waals surface area contributed by atoms with Crippen LogP contribution in [-0.4, -0.2) is 38.9 Å². The Labute approximate surface area is 134 Å². The summed E-state index contributed by atoms with van der Waals surface area (Å²) in [5, 5.41) is 14.0.